The third kappa shape index (κ3) is 5.44. The Morgan fingerprint density at radius 3 is 2.77 bits per heavy atom. The third-order valence-electron chi connectivity index (χ3n) is 5.61. The standard InChI is InChI=1S/C20H31BrN4O/c21-18-6-3-5-17(15-18)20(7-1-2-8-20)16-24-19(22)23-9-4-10-25-11-13-26-14-12-25/h3,5-6,15H,1-2,4,7-14,16H2,(H3,22,23,24). The summed E-state index contributed by atoms with van der Waals surface area (Å²) in [5.41, 5.74) is 7.66. The van der Waals surface area contributed by atoms with Crippen LogP contribution in [0.2, 0.25) is 0 Å². The zero-order valence-electron chi connectivity index (χ0n) is 15.6. The van der Waals surface area contributed by atoms with Gasteiger partial charge in [0.05, 0.1) is 19.8 Å². The van der Waals surface area contributed by atoms with Crippen LogP contribution in [0.5, 0.6) is 0 Å². The lowest BCUT2D eigenvalue weighted by atomic mass is 9.79. The van der Waals surface area contributed by atoms with Gasteiger partial charge in [-0.25, -0.2) is 0 Å². The molecule has 26 heavy (non-hydrogen) atoms. The lowest BCUT2D eigenvalue weighted by Gasteiger charge is -2.28. The predicted molar refractivity (Wildman–Crippen MR) is 111 cm³/mol. The number of benzene rings is 1. The van der Waals surface area contributed by atoms with Crippen molar-refractivity contribution >= 4 is 21.9 Å². The van der Waals surface area contributed by atoms with E-state index in [1.807, 2.05) is 0 Å². The Kier molecular flexibility index (Phi) is 7.34. The van der Waals surface area contributed by atoms with E-state index in [9.17, 15) is 0 Å². The first-order valence-electron chi connectivity index (χ1n) is 9.78. The molecule has 3 N–H and O–H groups in total. The average Bonchev–Trinajstić information content (AvgIpc) is 3.15. The van der Waals surface area contributed by atoms with Gasteiger partial charge in [0.2, 0.25) is 0 Å². The van der Waals surface area contributed by atoms with Crippen LogP contribution in [0.4, 0.5) is 0 Å². The minimum Gasteiger partial charge on any atom is -0.379 e. The molecule has 3 rings (SSSR count). The van der Waals surface area contributed by atoms with Crippen LogP contribution in [0.15, 0.2) is 33.7 Å². The molecule has 0 atom stereocenters. The van der Waals surface area contributed by atoms with Gasteiger partial charge in [0.25, 0.3) is 0 Å². The molecule has 0 radical (unpaired) electrons. The summed E-state index contributed by atoms with van der Waals surface area (Å²) < 4.78 is 6.52. The van der Waals surface area contributed by atoms with Crippen molar-refractivity contribution in [3.8, 4) is 0 Å². The van der Waals surface area contributed by atoms with Gasteiger partial charge in [0.15, 0.2) is 5.96 Å². The van der Waals surface area contributed by atoms with E-state index in [0.717, 1.165) is 56.8 Å². The van der Waals surface area contributed by atoms with Crippen molar-refractivity contribution in [1.82, 2.24) is 10.2 Å². The number of nitrogens with two attached hydrogens (primary N) is 1. The van der Waals surface area contributed by atoms with Gasteiger partial charge in [-0.15, -0.1) is 0 Å². The van der Waals surface area contributed by atoms with Crippen LogP contribution >= 0.6 is 15.9 Å². The first-order valence-corrected chi connectivity index (χ1v) is 10.6. The minimum absolute atomic E-state index is 0.143. The number of nitrogens with zero attached hydrogens (tertiary/aromatic N) is 2. The molecular weight excluding hydrogens is 392 g/mol. The van der Waals surface area contributed by atoms with Crippen LogP contribution in [0.1, 0.15) is 37.7 Å². The minimum atomic E-state index is 0.143. The lowest BCUT2D eigenvalue weighted by Crippen LogP contribution is -2.39. The second kappa shape index (κ2) is 9.72. The SMILES string of the molecule is NC(=NCC1(c2cccc(Br)c2)CCCC1)NCCCN1CCOCC1. The number of morpholine rings is 1. The smallest absolute Gasteiger partial charge is 0.188 e. The normalized spacial score (nSPS) is 21.0. The van der Waals surface area contributed by atoms with E-state index >= 15 is 0 Å². The molecule has 6 heteroatoms. The Hall–Kier alpha value is -1.11. The summed E-state index contributed by atoms with van der Waals surface area (Å²) in [6.07, 6.45) is 6.01. The van der Waals surface area contributed by atoms with Gasteiger partial charge < -0.3 is 15.8 Å². The molecule has 0 unspecified atom stereocenters. The van der Waals surface area contributed by atoms with E-state index in [0.29, 0.717) is 5.96 Å². The van der Waals surface area contributed by atoms with Gasteiger partial charge in [-0.2, -0.15) is 0 Å². The van der Waals surface area contributed by atoms with Crippen molar-refractivity contribution in [2.75, 3.05) is 45.9 Å². The lowest BCUT2D eigenvalue weighted by molar-refractivity contribution is 0.0376. The number of ether oxygens (including phenoxy) is 1. The van der Waals surface area contributed by atoms with E-state index in [2.05, 4.69) is 50.4 Å². The van der Waals surface area contributed by atoms with Crippen molar-refractivity contribution in [1.29, 1.82) is 0 Å². The van der Waals surface area contributed by atoms with Gasteiger partial charge in [0.1, 0.15) is 0 Å². The number of guanidine groups is 1. The number of nitrogens with one attached hydrogen (secondary N) is 1. The zero-order valence-corrected chi connectivity index (χ0v) is 17.1. The number of hydrogen-bond donors (Lipinski definition) is 2. The highest BCUT2D eigenvalue weighted by Gasteiger charge is 2.35. The largest absolute Gasteiger partial charge is 0.379 e. The van der Waals surface area contributed by atoms with Crippen LogP contribution < -0.4 is 11.1 Å². The number of hydrogen-bond acceptors (Lipinski definition) is 3. The van der Waals surface area contributed by atoms with Crippen molar-refractivity contribution < 1.29 is 4.74 Å². The molecule has 0 spiro atoms. The van der Waals surface area contributed by atoms with Gasteiger partial charge in [-0.05, 0) is 43.5 Å². The van der Waals surface area contributed by atoms with E-state index in [-0.39, 0.29) is 5.41 Å². The topological polar surface area (TPSA) is 62.9 Å². The molecule has 1 aliphatic carbocycles. The maximum atomic E-state index is 6.13. The molecule has 0 aromatic heterocycles. The fourth-order valence-electron chi connectivity index (χ4n) is 4.04. The summed E-state index contributed by atoms with van der Waals surface area (Å²) in [7, 11) is 0. The summed E-state index contributed by atoms with van der Waals surface area (Å²) >= 11 is 3.60. The molecule has 144 valence electrons. The molecule has 2 fully saturated rings. The van der Waals surface area contributed by atoms with Gasteiger partial charge in [-0.3, -0.25) is 9.89 Å². The molecule has 1 saturated heterocycles. The molecule has 0 amide bonds. The van der Waals surface area contributed by atoms with Gasteiger partial charge >= 0.3 is 0 Å². The van der Waals surface area contributed by atoms with Crippen molar-refractivity contribution in [2.24, 2.45) is 10.7 Å². The molecule has 1 saturated carbocycles. The van der Waals surface area contributed by atoms with E-state index in [1.54, 1.807) is 0 Å². The summed E-state index contributed by atoms with van der Waals surface area (Å²) in [4.78, 5) is 7.15. The summed E-state index contributed by atoms with van der Waals surface area (Å²) in [5.74, 6) is 0.577. The second-order valence-electron chi connectivity index (χ2n) is 7.43. The fourth-order valence-corrected chi connectivity index (χ4v) is 4.44. The van der Waals surface area contributed by atoms with E-state index in [1.165, 1.54) is 31.2 Å². The van der Waals surface area contributed by atoms with E-state index < -0.39 is 0 Å². The van der Waals surface area contributed by atoms with E-state index in [4.69, 9.17) is 15.5 Å². The molecule has 2 aliphatic rings. The quantitative estimate of drug-likeness (QED) is 0.402. The molecule has 1 aliphatic heterocycles. The maximum absolute atomic E-state index is 6.13. The van der Waals surface area contributed by atoms with Crippen molar-refractivity contribution in [2.45, 2.75) is 37.5 Å². The first-order chi connectivity index (χ1) is 12.7. The van der Waals surface area contributed by atoms with Crippen LogP contribution in [-0.2, 0) is 10.2 Å². The van der Waals surface area contributed by atoms with Gasteiger partial charge in [-0.1, -0.05) is 40.9 Å². The third-order valence-corrected chi connectivity index (χ3v) is 6.10. The molecule has 1 aromatic carbocycles. The Labute approximate surface area is 165 Å². The maximum Gasteiger partial charge on any atom is 0.188 e. The number of halogens is 1. The molecule has 5 nitrogen and oxygen atoms in total. The zero-order chi connectivity index (χ0) is 18.2. The second-order valence-corrected chi connectivity index (χ2v) is 8.35. The Morgan fingerprint density at radius 1 is 1.27 bits per heavy atom. The number of rotatable bonds is 7. The Bertz CT molecular complexity index is 595. The average molecular weight is 423 g/mol. The summed E-state index contributed by atoms with van der Waals surface area (Å²) in [6.45, 7) is 6.52. The molecule has 1 heterocycles. The summed E-state index contributed by atoms with van der Waals surface area (Å²) in [5, 5.41) is 3.29. The van der Waals surface area contributed by atoms with Crippen molar-refractivity contribution in [3.05, 3.63) is 34.3 Å². The molecule has 1 aromatic rings. The van der Waals surface area contributed by atoms with Crippen molar-refractivity contribution in [3.63, 3.8) is 0 Å². The highest BCUT2D eigenvalue weighted by Crippen LogP contribution is 2.42. The monoisotopic (exact) mass is 422 g/mol. The first kappa shape index (κ1) is 19.6. The predicted octanol–water partition coefficient (Wildman–Crippen LogP) is 2.89. The summed E-state index contributed by atoms with van der Waals surface area (Å²) in [6, 6.07) is 8.68. The fraction of sp³-hybridized carbons (Fsp3) is 0.650. The Balaban J connectivity index is 1.48. The molecule has 0 bridgehead atoms. The number of aliphatic imine (C=N–C) groups is 1. The van der Waals surface area contributed by atoms with Crippen LogP contribution in [0, 0.1) is 0 Å². The molecular formula is C20H31BrN4O. The van der Waals surface area contributed by atoms with Crippen LogP contribution in [0.3, 0.4) is 0 Å². The highest BCUT2D eigenvalue weighted by molar-refractivity contribution is 9.10. The van der Waals surface area contributed by atoms with Crippen LogP contribution in [0.25, 0.3) is 0 Å². The van der Waals surface area contributed by atoms with Gasteiger partial charge in [0, 0.05) is 29.5 Å². The highest BCUT2D eigenvalue weighted by atomic mass is 79.9. The van der Waals surface area contributed by atoms with Crippen LogP contribution in [-0.4, -0.2) is 56.8 Å². The Morgan fingerprint density at radius 2 is 2.04 bits per heavy atom.